The zero-order valence-electron chi connectivity index (χ0n) is 14.4. The quantitative estimate of drug-likeness (QED) is 0.466. The van der Waals surface area contributed by atoms with Crippen LogP contribution in [0.2, 0.25) is 0 Å². The van der Waals surface area contributed by atoms with Crippen LogP contribution in [0.4, 0.5) is 0 Å². The van der Waals surface area contributed by atoms with E-state index in [-0.39, 0.29) is 37.0 Å². The fraction of sp³-hybridized carbons (Fsp3) is 0.562. The molecule has 1 aliphatic heterocycles. The van der Waals surface area contributed by atoms with E-state index in [9.17, 15) is 14.8 Å². The molecule has 0 N–H and O–H groups in total. The number of carbonyl (C=O) groups is 2. The Morgan fingerprint density at radius 1 is 1.17 bits per heavy atom. The normalized spacial score (nSPS) is 16.0. The van der Waals surface area contributed by atoms with Gasteiger partial charge in [0.25, 0.3) is 0 Å². The van der Waals surface area contributed by atoms with Crippen LogP contribution in [0.3, 0.4) is 0 Å². The summed E-state index contributed by atoms with van der Waals surface area (Å²) >= 11 is 0. The average Bonchev–Trinajstić information content (AvgIpc) is 2.62. The highest BCUT2D eigenvalue weighted by Gasteiger charge is 2.34. The number of pyridine rings is 1. The van der Waals surface area contributed by atoms with Crippen molar-refractivity contribution >= 4 is 11.9 Å². The minimum absolute atomic E-state index is 0.0652. The first kappa shape index (κ1) is 18.2. The summed E-state index contributed by atoms with van der Waals surface area (Å²) in [6, 6.07) is 0. The van der Waals surface area contributed by atoms with Crippen molar-refractivity contribution in [3.8, 4) is 5.75 Å². The van der Waals surface area contributed by atoms with Gasteiger partial charge in [0.15, 0.2) is 12.4 Å². The predicted molar refractivity (Wildman–Crippen MR) is 80.6 cm³/mol. The maximum absolute atomic E-state index is 12.6. The lowest BCUT2D eigenvalue weighted by Crippen LogP contribution is -2.39. The van der Waals surface area contributed by atoms with Crippen molar-refractivity contribution in [1.82, 2.24) is 0 Å². The summed E-state index contributed by atoms with van der Waals surface area (Å²) in [5, 5.41) is 12.6. The molecule has 0 spiro atoms. The van der Waals surface area contributed by atoms with Gasteiger partial charge in [0.05, 0.1) is 18.8 Å². The second kappa shape index (κ2) is 6.74. The lowest BCUT2D eigenvalue weighted by Gasteiger charge is -2.22. The minimum Gasteiger partial charge on any atom is -0.618 e. The monoisotopic (exact) mass is 339 g/mol. The summed E-state index contributed by atoms with van der Waals surface area (Å²) in [5.41, 5.74) is 1.46. The van der Waals surface area contributed by atoms with Crippen LogP contribution in [0.25, 0.3) is 0 Å². The van der Waals surface area contributed by atoms with Gasteiger partial charge in [-0.15, -0.1) is 0 Å². The van der Waals surface area contributed by atoms with Gasteiger partial charge in [-0.2, -0.15) is 4.73 Å². The highest BCUT2D eigenvalue weighted by molar-refractivity contribution is 5.70. The second-order valence-corrected chi connectivity index (χ2v) is 5.96. The smallest absolute Gasteiger partial charge is 0.308 e. The van der Waals surface area contributed by atoms with Crippen LogP contribution >= 0.6 is 0 Å². The van der Waals surface area contributed by atoms with Gasteiger partial charge in [0.2, 0.25) is 17.1 Å². The summed E-state index contributed by atoms with van der Waals surface area (Å²) in [5.74, 6) is -1.76. The first-order valence-corrected chi connectivity index (χ1v) is 7.49. The summed E-state index contributed by atoms with van der Waals surface area (Å²) in [6.45, 7) is 7.49. The largest absolute Gasteiger partial charge is 0.618 e. The van der Waals surface area contributed by atoms with Gasteiger partial charge in [0.1, 0.15) is 0 Å². The molecule has 0 radical (unpaired) electrons. The summed E-state index contributed by atoms with van der Waals surface area (Å²) in [6.07, 6.45) is 0. The molecule has 132 valence electrons. The molecular weight excluding hydrogens is 318 g/mol. The van der Waals surface area contributed by atoms with E-state index < -0.39 is 17.7 Å². The number of aromatic nitrogens is 1. The first-order valence-electron chi connectivity index (χ1n) is 7.49. The van der Waals surface area contributed by atoms with Crippen LogP contribution in [0.15, 0.2) is 0 Å². The average molecular weight is 339 g/mol. The highest BCUT2D eigenvalue weighted by atomic mass is 16.7. The van der Waals surface area contributed by atoms with Crippen LogP contribution in [0, 0.1) is 12.1 Å². The molecule has 8 heteroatoms. The van der Waals surface area contributed by atoms with E-state index in [0.717, 1.165) is 0 Å². The van der Waals surface area contributed by atoms with Gasteiger partial charge in [0, 0.05) is 26.3 Å². The third-order valence-corrected chi connectivity index (χ3v) is 3.65. The zero-order chi connectivity index (χ0) is 18.1. The van der Waals surface area contributed by atoms with E-state index in [4.69, 9.17) is 18.9 Å². The van der Waals surface area contributed by atoms with E-state index in [1.807, 2.05) is 0 Å². The van der Waals surface area contributed by atoms with Crippen molar-refractivity contribution in [3.63, 3.8) is 0 Å². The zero-order valence-corrected chi connectivity index (χ0v) is 14.4. The Labute approximate surface area is 139 Å². The maximum Gasteiger partial charge on any atom is 0.308 e. The van der Waals surface area contributed by atoms with Crippen LogP contribution in [0.1, 0.15) is 50.2 Å². The highest BCUT2D eigenvalue weighted by Crippen LogP contribution is 2.33. The van der Waals surface area contributed by atoms with Crippen molar-refractivity contribution in [3.05, 3.63) is 27.7 Å². The van der Waals surface area contributed by atoms with Crippen LogP contribution in [-0.2, 0) is 43.6 Å². The summed E-state index contributed by atoms with van der Waals surface area (Å²) < 4.78 is 22.1. The van der Waals surface area contributed by atoms with E-state index in [1.165, 1.54) is 20.8 Å². The number of hydrogen-bond donors (Lipinski definition) is 0. The molecule has 0 atom stereocenters. The van der Waals surface area contributed by atoms with Gasteiger partial charge in [-0.1, -0.05) is 0 Å². The lowest BCUT2D eigenvalue weighted by molar-refractivity contribution is -0.623. The standard InChI is InChI=1S/C16H21NO7/c1-9-15(24-11(3)19)13-7-23-16(4,5)22-6-12(13)14(17(9)20)8-21-10(2)18/h6-8H2,1-5H3. The molecule has 2 rings (SSSR count). The van der Waals surface area contributed by atoms with Crippen molar-refractivity contribution in [2.24, 2.45) is 0 Å². The third kappa shape index (κ3) is 3.82. The van der Waals surface area contributed by atoms with Crippen LogP contribution < -0.4 is 9.47 Å². The van der Waals surface area contributed by atoms with Gasteiger partial charge in [-0.05, 0) is 13.8 Å². The number of esters is 2. The third-order valence-electron chi connectivity index (χ3n) is 3.65. The Morgan fingerprint density at radius 2 is 1.75 bits per heavy atom. The number of hydrogen-bond acceptors (Lipinski definition) is 7. The first-order chi connectivity index (χ1) is 11.1. The lowest BCUT2D eigenvalue weighted by atomic mass is 10.0. The van der Waals surface area contributed by atoms with Gasteiger partial charge >= 0.3 is 11.9 Å². The Bertz CT molecular complexity index is 682. The van der Waals surface area contributed by atoms with Crippen LogP contribution in [-0.4, -0.2) is 17.7 Å². The molecule has 1 aromatic heterocycles. The molecule has 0 amide bonds. The number of carbonyl (C=O) groups excluding carboxylic acids is 2. The van der Waals surface area contributed by atoms with E-state index in [0.29, 0.717) is 15.9 Å². The molecule has 0 aliphatic carbocycles. The molecule has 8 nitrogen and oxygen atoms in total. The topological polar surface area (TPSA) is 98.0 Å². The molecule has 0 saturated heterocycles. The number of nitrogens with zero attached hydrogens (tertiary/aromatic N) is 1. The van der Waals surface area contributed by atoms with Gasteiger partial charge in [-0.25, -0.2) is 0 Å². The molecule has 0 saturated carbocycles. The Kier molecular flexibility index (Phi) is 5.10. The van der Waals surface area contributed by atoms with Crippen molar-refractivity contribution in [1.29, 1.82) is 0 Å². The molecule has 2 heterocycles. The van der Waals surface area contributed by atoms with E-state index in [2.05, 4.69) is 0 Å². The summed E-state index contributed by atoms with van der Waals surface area (Å²) in [7, 11) is 0. The molecule has 0 aromatic carbocycles. The van der Waals surface area contributed by atoms with Gasteiger partial charge < -0.3 is 24.2 Å². The molecule has 1 aromatic rings. The number of fused-ring (bicyclic) bond motifs is 1. The van der Waals surface area contributed by atoms with Crippen molar-refractivity contribution in [2.75, 3.05) is 0 Å². The SMILES string of the molecule is CC(=O)OCc1c2c(c(OC(C)=O)c(C)[n+]1[O-])COC(C)(C)OC2. The van der Waals surface area contributed by atoms with Gasteiger partial charge in [-0.3, -0.25) is 9.59 Å². The molecular formula is C16H21NO7. The molecule has 24 heavy (non-hydrogen) atoms. The van der Waals surface area contributed by atoms with Crippen molar-refractivity contribution in [2.45, 2.75) is 60.2 Å². The number of rotatable bonds is 3. The summed E-state index contributed by atoms with van der Waals surface area (Å²) in [4.78, 5) is 22.5. The molecule has 0 unspecified atom stereocenters. The maximum atomic E-state index is 12.6. The Balaban J connectivity index is 2.60. The molecule has 0 bridgehead atoms. The fourth-order valence-corrected chi connectivity index (χ4v) is 2.40. The second-order valence-electron chi connectivity index (χ2n) is 5.96. The minimum atomic E-state index is -0.868. The predicted octanol–water partition coefficient (Wildman–Crippen LogP) is 1.40. The van der Waals surface area contributed by atoms with Crippen LogP contribution in [0.5, 0.6) is 5.75 Å². The molecule has 0 fully saturated rings. The Hall–Kier alpha value is -2.19. The fourth-order valence-electron chi connectivity index (χ4n) is 2.40. The van der Waals surface area contributed by atoms with E-state index >= 15 is 0 Å². The Morgan fingerprint density at radius 3 is 2.29 bits per heavy atom. The molecule has 1 aliphatic rings. The van der Waals surface area contributed by atoms with E-state index in [1.54, 1.807) is 13.8 Å². The number of ether oxygens (including phenoxy) is 4. The van der Waals surface area contributed by atoms with Crippen molar-refractivity contribution < 1.29 is 33.3 Å².